The van der Waals surface area contributed by atoms with E-state index in [0.717, 1.165) is 64.2 Å². The van der Waals surface area contributed by atoms with Crippen LogP contribution in [0.5, 0.6) is 0 Å². The molecule has 3 aliphatic heterocycles. The van der Waals surface area contributed by atoms with E-state index in [0.29, 0.717) is 12.8 Å². The Bertz CT molecular complexity index is 1970. The molecule has 1 amide bonds. The van der Waals surface area contributed by atoms with Gasteiger partial charge in [-0.2, -0.15) is 0 Å². The van der Waals surface area contributed by atoms with E-state index in [1.165, 1.54) is 161 Å². The van der Waals surface area contributed by atoms with Crippen LogP contribution in [0.4, 0.5) is 0 Å². The fourth-order valence-electron chi connectivity index (χ4n) is 12.1. The Morgan fingerprint density at radius 1 is 0.398 bits per heavy atom. The van der Waals surface area contributed by atoms with Crippen molar-refractivity contribution < 1.29 is 89.4 Å². The van der Waals surface area contributed by atoms with Crippen LogP contribution >= 0.6 is 0 Å². The van der Waals surface area contributed by atoms with E-state index in [2.05, 4.69) is 79.9 Å². The second-order valence-electron chi connectivity index (χ2n) is 26.0. The minimum Gasteiger partial charge on any atom is -0.394 e. The minimum atomic E-state index is -1.98. The molecule has 0 bridgehead atoms. The number of carbonyl (C=O) groups excluding carboxylic acids is 1. The molecule has 0 radical (unpaired) electrons. The van der Waals surface area contributed by atoms with E-state index >= 15 is 0 Å². The normalized spacial score (nSPS) is 27.9. The maximum Gasteiger partial charge on any atom is 0.220 e. The summed E-state index contributed by atoms with van der Waals surface area (Å²) >= 11 is 0. The molecule has 0 aromatic carbocycles. The molecular weight excluding hydrogens is 1190 g/mol. The smallest absolute Gasteiger partial charge is 0.220 e. The predicted octanol–water partition coefficient (Wildman–Crippen LogP) is 10.5. The van der Waals surface area contributed by atoms with Crippen LogP contribution in [-0.2, 0) is 33.2 Å². The fourth-order valence-corrected chi connectivity index (χ4v) is 12.1. The number of ether oxygens (including phenoxy) is 6. The zero-order chi connectivity index (χ0) is 67.5. The van der Waals surface area contributed by atoms with Crippen LogP contribution in [0.15, 0.2) is 72.9 Å². The van der Waals surface area contributed by atoms with Crippen molar-refractivity contribution in [2.24, 2.45) is 0 Å². The Hall–Kier alpha value is -2.77. The first-order chi connectivity index (χ1) is 45.3. The van der Waals surface area contributed by atoms with Gasteiger partial charge in [-0.3, -0.25) is 4.79 Å². The molecule has 3 saturated heterocycles. The lowest BCUT2D eigenvalue weighted by atomic mass is 9.96. The van der Waals surface area contributed by atoms with Crippen LogP contribution in [0, 0.1) is 0 Å². The number of unbranched alkanes of at least 4 members (excludes halogenated alkanes) is 30. The Labute approximate surface area is 559 Å². The summed E-state index contributed by atoms with van der Waals surface area (Å²) < 4.78 is 34.3. The molecule has 3 rings (SSSR count). The predicted molar refractivity (Wildman–Crippen MR) is 365 cm³/mol. The summed E-state index contributed by atoms with van der Waals surface area (Å²) in [6.45, 7) is 1.60. The van der Waals surface area contributed by atoms with Gasteiger partial charge in [0.1, 0.15) is 73.2 Å². The van der Waals surface area contributed by atoms with Crippen molar-refractivity contribution in [1.82, 2.24) is 5.32 Å². The standard InChI is InChI=1S/C74H131NO18/c1-3-5-7-9-11-13-15-17-19-20-21-22-23-24-25-26-27-28-29-30-31-32-33-34-35-36-38-40-42-44-46-48-50-52-62(80)75-57(58(79)51-49-47-45-43-41-39-37-18-16-14-12-10-8-6-4-2)56-88-72-68(86)65(83)70(60(54-77)90-72)93-74-69(87)66(84)71(61(55-78)91-74)92-73-67(85)64(82)63(81)59(53-76)89-73/h5,7,11,13,17,19,21-22,41,43,49,51,57-61,63-74,76-79,81-87H,3-4,6,8-10,12,14-16,18,20,23-40,42,44-48,50,52-56H2,1-2H3,(H,75,80)/b7-5-,13-11-,19-17-,22-21-,43-41+,51-49+. The molecule has 540 valence electrons. The van der Waals surface area contributed by atoms with Gasteiger partial charge in [0.05, 0.1) is 38.6 Å². The molecule has 93 heavy (non-hydrogen) atoms. The number of aliphatic hydroxyl groups is 11. The van der Waals surface area contributed by atoms with Gasteiger partial charge in [0.25, 0.3) is 0 Å². The van der Waals surface area contributed by atoms with Crippen molar-refractivity contribution in [3.63, 3.8) is 0 Å². The largest absolute Gasteiger partial charge is 0.394 e. The third-order valence-corrected chi connectivity index (χ3v) is 18.0. The van der Waals surface area contributed by atoms with Gasteiger partial charge >= 0.3 is 0 Å². The van der Waals surface area contributed by atoms with Gasteiger partial charge in [0.15, 0.2) is 18.9 Å². The molecule has 0 aliphatic carbocycles. The average Bonchev–Trinajstić information content (AvgIpc) is 0.902. The Morgan fingerprint density at radius 3 is 1.20 bits per heavy atom. The van der Waals surface area contributed by atoms with Crippen molar-refractivity contribution in [1.29, 1.82) is 0 Å². The maximum absolute atomic E-state index is 13.4. The number of nitrogens with one attached hydrogen (secondary N) is 1. The van der Waals surface area contributed by atoms with Gasteiger partial charge < -0.3 is 89.9 Å². The zero-order valence-electron chi connectivity index (χ0n) is 57.2. The number of hydrogen-bond acceptors (Lipinski definition) is 18. The van der Waals surface area contributed by atoms with Crippen molar-refractivity contribution in [2.75, 3.05) is 26.4 Å². The Balaban J connectivity index is 1.36. The van der Waals surface area contributed by atoms with Crippen LogP contribution < -0.4 is 5.32 Å². The van der Waals surface area contributed by atoms with Gasteiger partial charge in [0, 0.05) is 6.42 Å². The van der Waals surface area contributed by atoms with Crippen LogP contribution in [0.2, 0.25) is 0 Å². The van der Waals surface area contributed by atoms with E-state index in [-0.39, 0.29) is 18.9 Å². The second-order valence-corrected chi connectivity index (χ2v) is 26.0. The fraction of sp³-hybridized carbons (Fsp3) is 0.824. The molecule has 17 atom stereocenters. The molecule has 12 N–H and O–H groups in total. The van der Waals surface area contributed by atoms with Crippen molar-refractivity contribution in [3.8, 4) is 0 Å². The third kappa shape index (κ3) is 36.6. The third-order valence-electron chi connectivity index (χ3n) is 18.0. The summed E-state index contributed by atoms with van der Waals surface area (Å²) in [6, 6.07) is -0.991. The Morgan fingerprint density at radius 2 is 0.753 bits per heavy atom. The number of hydrogen-bond donors (Lipinski definition) is 12. The average molecular weight is 1320 g/mol. The Kier molecular flexibility index (Phi) is 50.1. The number of aliphatic hydroxyl groups excluding tert-OH is 11. The minimum absolute atomic E-state index is 0.235. The van der Waals surface area contributed by atoms with Crippen molar-refractivity contribution in [3.05, 3.63) is 72.9 Å². The van der Waals surface area contributed by atoms with Gasteiger partial charge in [-0.1, -0.05) is 254 Å². The first kappa shape index (κ1) is 84.5. The zero-order valence-corrected chi connectivity index (χ0v) is 57.2. The molecule has 19 heteroatoms. The molecule has 19 nitrogen and oxygen atoms in total. The van der Waals surface area contributed by atoms with Gasteiger partial charge in [-0.25, -0.2) is 0 Å². The number of allylic oxidation sites excluding steroid dienone is 11. The molecular formula is C74H131NO18. The van der Waals surface area contributed by atoms with Crippen LogP contribution in [0.3, 0.4) is 0 Å². The SMILES string of the molecule is CC/C=C\C/C=C\C/C=C\C/C=C\CCCCCCCCCCCCCCCCCCCCCCC(=O)NC(COC1OC(CO)C(OC2OC(CO)C(OC3OC(CO)C(O)C(O)C3O)C(O)C2O)C(O)C1O)C(O)/C=C/CC/C=C/CCCCCCCCCCC. The monoisotopic (exact) mass is 1320 g/mol. The highest BCUT2D eigenvalue weighted by molar-refractivity contribution is 5.76. The van der Waals surface area contributed by atoms with Gasteiger partial charge in [-0.05, 0) is 70.6 Å². The summed E-state index contributed by atoms with van der Waals surface area (Å²) in [7, 11) is 0. The highest BCUT2D eigenvalue weighted by Crippen LogP contribution is 2.33. The topological polar surface area (TPSA) is 307 Å². The maximum atomic E-state index is 13.4. The van der Waals surface area contributed by atoms with Crippen molar-refractivity contribution in [2.45, 2.75) is 362 Å². The highest BCUT2D eigenvalue weighted by Gasteiger charge is 2.53. The number of amides is 1. The van der Waals surface area contributed by atoms with E-state index < -0.39 is 124 Å². The van der Waals surface area contributed by atoms with Gasteiger partial charge in [0.2, 0.25) is 5.91 Å². The molecule has 3 fully saturated rings. The summed E-state index contributed by atoms with van der Waals surface area (Å²) in [5.41, 5.74) is 0. The van der Waals surface area contributed by atoms with Crippen LogP contribution in [-0.4, -0.2) is 193 Å². The summed E-state index contributed by atoms with van der Waals surface area (Å²) in [6.07, 6.45) is 43.3. The molecule has 3 heterocycles. The second kappa shape index (κ2) is 55.1. The summed E-state index contributed by atoms with van der Waals surface area (Å²) in [5.74, 6) is -0.284. The first-order valence-corrected chi connectivity index (χ1v) is 36.7. The van der Waals surface area contributed by atoms with E-state index in [1.807, 2.05) is 6.08 Å². The van der Waals surface area contributed by atoms with Crippen molar-refractivity contribution >= 4 is 5.91 Å². The lowest BCUT2D eigenvalue weighted by molar-refractivity contribution is -0.379. The molecule has 0 spiro atoms. The molecule has 0 saturated carbocycles. The molecule has 0 aromatic heterocycles. The lowest BCUT2D eigenvalue weighted by Gasteiger charge is -2.48. The highest BCUT2D eigenvalue weighted by atomic mass is 16.8. The number of carbonyl (C=O) groups is 1. The van der Waals surface area contributed by atoms with Gasteiger partial charge in [-0.15, -0.1) is 0 Å². The van der Waals surface area contributed by atoms with Crippen LogP contribution in [0.25, 0.3) is 0 Å². The quantitative estimate of drug-likeness (QED) is 0.0199. The number of rotatable bonds is 56. The molecule has 17 unspecified atom stereocenters. The summed E-state index contributed by atoms with van der Waals surface area (Å²) in [5, 5.41) is 120. The van der Waals surface area contributed by atoms with Crippen LogP contribution in [0.1, 0.15) is 258 Å². The van der Waals surface area contributed by atoms with E-state index in [4.69, 9.17) is 28.4 Å². The summed E-state index contributed by atoms with van der Waals surface area (Å²) in [4.78, 5) is 13.4. The first-order valence-electron chi connectivity index (χ1n) is 36.7. The molecule has 3 aliphatic rings. The lowest BCUT2D eigenvalue weighted by Crippen LogP contribution is -2.66. The van der Waals surface area contributed by atoms with E-state index in [1.54, 1.807) is 6.08 Å². The molecule has 0 aromatic rings. The van der Waals surface area contributed by atoms with E-state index in [9.17, 15) is 61.0 Å².